The van der Waals surface area contributed by atoms with Crippen molar-refractivity contribution in [2.75, 3.05) is 10.8 Å². The van der Waals surface area contributed by atoms with Crippen molar-refractivity contribution in [1.29, 1.82) is 0 Å². The zero-order valence-corrected chi connectivity index (χ0v) is 25.9. The lowest BCUT2D eigenvalue weighted by atomic mass is 10.1. The van der Waals surface area contributed by atoms with Crippen molar-refractivity contribution in [2.24, 2.45) is 0 Å². The van der Waals surface area contributed by atoms with Gasteiger partial charge in [0.2, 0.25) is 11.8 Å². The van der Waals surface area contributed by atoms with Gasteiger partial charge in [-0.2, -0.15) is 0 Å². The van der Waals surface area contributed by atoms with Crippen molar-refractivity contribution < 1.29 is 18.0 Å². The van der Waals surface area contributed by atoms with Crippen LogP contribution in [-0.4, -0.2) is 43.8 Å². The van der Waals surface area contributed by atoms with E-state index in [0.717, 1.165) is 4.31 Å². The van der Waals surface area contributed by atoms with E-state index in [4.69, 9.17) is 46.4 Å². The Bertz CT molecular complexity index is 1470. The first-order chi connectivity index (χ1) is 18.8. The number of halogens is 4. The van der Waals surface area contributed by atoms with Crippen molar-refractivity contribution >= 4 is 73.9 Å². The highest BCUT2D eigenvalue weighted by atomic mass is 35.5. The average molecular weight is 645 g/mol. The summed E-state index contributed by atoms with van der Waals surface area (Å²) in [5.74, 6) is -0.993. The van der Waals surface area contributed by atoms with Crippen LogP contribution in [0.15, 0.2) is 71.6 Å². The second kappa shape index (κ2) is 13.9. The average Bonchev–Trinajstić information content (AvgIpc) is 2.91. The molecule has 0 radical (unpaired) electrons. The molecule has 0 bridgehead atoms. The first-order valence-electron chi connectivity index (χ1n) is 12.4. The maximum absolute atomic E-state index is 13.9. The van der Waals surface area contributed by atoms with Gasteiger partial charge in [-0.05, 0) is 80.4 Å². The highest BCUT2D eigenvalue weighted by Gasteiger charge is 2.33. The van der Waals surface area contributed by atoms with Crippen molar-refractivity contribution in [2.45, 2.75) is 50.7 Å². The molecule has 2 atom stereocenters. The quantitative estimate of drug-likeness (QED) is 0.248. The van der Waals surface area contributed by atoms with Crippen LogP contribution in [0.25, 0.3) is 0 Å². The monoisotopic (exact) mass is 643 g/mol. The minimum Gasteiger partial charge on any atom is -0.352 e. The molecule has 3 aromatic carbocycles. The van der Waals surface area contributed by atoms with Crippen LogP contribution in [0.2, 0.25) is 20.1 Å². The second-order valence-corrected chi connectivity index (χ2v) is 12.8. The van der Waals surface area contributed by atoms with Gasteiger partial charge in [-0.15, -0.1) is 0 Å². The van der Waals surface area contributed by atoms with Crippen LogP contribution in [-0.2, 0) is 26.2 Å². The molecule has 0 aliphatic carbocycles. The molecule has 12 heteroatoms. The van der Waals surface area contributed by atoms with Crippen molar-refractivity contribution in [3.05, 3.63) is 92.4 Å². The van der Waals surface area contributed by atoms with E-state index in [0.29, 0.717) is 22.0 Å². The Balaban J connectivity index is 2.04. The molecule has 7 nitrogen and oxygen atoms in total. The van der Waals surface area contributed by atoms with Crippen LogP contribution < -0.4 is 9.62 Å². The summed E-state index contributed by atoms with van der Waals surface area (Å²) in [6, 6.07) is 15.6. The first-order valence-corrected chi connectivity index (χ1v) is 15.4. The van der Waals surface area contributed by atoms with E-state index in [-0.39, 0.29) is 39.1 Å². The molecule has 214 valence electrons. The Kier molecular flexibility index (Phi) is 11.1. The molecule has 1 N–H and O–H groups in total. The van der Waals surface area contributed by atoms with E-state index in [2.05, 4.69) is 5.32 Å². The van der Waals surface area contributed by atoms with E-state index in [1.807, 2.05) is 13.8 Å². The minimum absolute atomic E-state index is 0.0187. The highest BCUT2D eigenvalue weighted by Crippen LogP contribution is 2.28. The fraction of sp³-hybridized carbons (Fsp3) is 0.286. The smallest absolute Gasteiger partial charge is 0.264 e. The molecule has 0 saturated carbocycles. The predicted molar refractivity (Wildman–Crippen MR) is 162 cm³/mol. The summed E-state index contributed by atoms with van der Waals surface area (Å²) < 4.78 is 28.6. The largest absolute Gasteiger partial charge is 0.352 e. The first kappa shape index (κ1) is 32.0. The van der Waals surface area contributed by atoms with Crippen molar-refractivity contribution in [3.63, 3.8) is 0 Å². The summed E-state index contributed by atoms with van der Waals surface area (Å²) in [7, 11) is -4.24. The lowest BCUT2D eigenvalue weighted by Crippen LogP contribution is -2.52. The summed E-state index contributed by atoms with van der Waals surface area (Å²) in [5, 5.41) is 4.16. The SMILES string of the molecule is CC[C@@H](C)NC(=O)[C@H](C)N(Cc1ccc(Cl)c(Cl)c1)C(=O)CN(c1cccc(Cl)c1)S(=O)(=O)c1ccc(Cl)cc1. The molecule has 0 aliphatic heterocycles. The van der Waals surface area contributed by atoms with Gasteiger partial charge in [0.25, 0.3) is 10.0 Å². The lowest BCUT2D eigenvalue weighted by Gasteiger charge is -2.32. The third kappa shape index (κ3) is 8.04. The number of anilines is 1. The molecule has 0 aliphatic rings. The van der Waals surface area contributed by atoms with Crippen LogP contribution >= 0.6 is 46.4 Å². The van der Waals surface area contributed by atoms with Gasteiger partial charge < -0.3 is 10.2 Å². The van der Waals surface area contributed by atoms with Gasteiger partial charge in [0.1, 0.15) is 12.6 Å². The maximum atomic E-state index is 13.9. The van der Waals surface area contributed by atoms with Crippen molar-refractivity contribution in [3.8, 4) is 0 Å². The summed E-state index contributed by atoms with van der Waals surface area (Å²) >= 11 is 24.4. The van der Waals surface area contributed by atoms with Gasteiger partial charge in [-0.1, -0.05) is 65.5 Å². The van der Waals surface area contributed by atoms with Crippen LogP contribution in [0.3, 0.4) is 0 Å². The molecule has 40 heavy (non-hydrogen) atoms. The standard InChI is InChI=1S/C28H29Cl4N3O4S/c1-4-18(2)33-28(37)19(3)34(16-20-8-13-25(31)26(32)14-20)27(36)17-35(23-7-5-6-22(30)15-23)40(38,39)24-11-9-21(29)10-12-24/h5-15,18-19H,4,16-17H2,1-3H3,(H,33,37)/t18-,19+/m1/s1. The third-order valence-corrected chi connectivity index (χ3v) is 9.30. The second-order valence-electron chi connectivity index (χ2n) is 9.21. The Labute approximate surface area is 255 Å². The van der Waals surface area contributed by atoms with Crippen LogP contribution in [0.1, 0.15) is 32.8 Å². The number of rotatable bonds is 11. The zero-order chi connectivity index (χ0) is 29.6. The summed E-state index contributed by atoms with van der Waals surface area (Å²) in [4.78, 5) is 28.3. The minimum atomic E-state index is -4.24. The third-order valence-electron chi connectivity index (χ3n) is 6.28. The molecule has 2 amide bonds. The van der Waals surface area contributed by atoms with E-state index in [9.17, 15) is 18.0 Å². The zero-order valence-electron chi connectivity index (χ0n) is 22.1. The summed E-state index contributed by atoms with van der Waals surface area (Å²) in [6.07, 6.45) is 0.696. The molecule has 3 rings (SSSR count). The number of carbonyl (C=O) groups excluding carboxylic acids is 2. The van der Waals surface area contributed by atoms with E-state index < -0.39 is 28.5 Å². The Morgan fingerprint density at radius 2 is 1.55 bits per heavy atom. The van der Waals surface area contributed by atoms with Gasteiger partial charge in [-0.3, -0.25) is 13.9 Å². The fourth-order valence-corrected chi connectivity index (χ4v) is 5.81. The molecule has 3 aromatic rings. The summed E-state index contributed by atoms with van der Waals surface area (Å²) in [6.45, 7) is 4.75. The predicted octanol–water partition coefficient (Wildman–Crippen LogP) is 6.83. The normalized spacial score (nSPS) is 12.9. The Hall–Kier alpha value is -2.49. The number of hydrogen-bond donors (Lipinski definition) is 1. The van der Waals surface area contributed by atoms with Gasteiger partial charge in [-0.25, -0.2) is 8.42 Å². The molecule has 0 aromatic heterocycles. The molecule has 0 fully saturated rings. The van der Waals surface area contributed by atoms with Crippen LogP contribution in [0, 0.1) is 0 Å². The molecule has 0 spiro atoms. The number of benzene rings is 3. The molecule has 0 saturated heterocycles. The number of carbonyl (C=O) groups is 2. The number of nitrogens with one attached hydrogen (secondary N) is 1. The lowest BCUT2D eigenvalue weighted by molar-refractivity contribution is -0.139. The number of nitrogens with zero attached hydrogens (tertiary/aromatic N) is 2. The Morgan fingerprint density at radius 3 is 2.15 bits per heavy atom. The highest BCUT2D eigenvalue weighted by molar-refractivity contribution is 7.92. The molecular weight excluding hydrogens is 616 g/mol. The van der Waals surface area contributed by atoms with Crippen molar-refractivity contribution in [1.82, 2.24) is 10.2 Å². The topological polar surface area (TPSA) is 86.8 Å². The Morgan fingerprint density at radius 1 is 0.875 bits per heavy atom. The molecular formula is C28H29Cl4N3O4S. The van der Waals surface area contributed by atoms with E-state index in [1.165, 1.54) is 41.3 Å². The van der Waals surface area contributed by atoms with Gasteiger partial charge >= 0.3 is 0 Å². The van der Waals surface area contributed by atoms with Gasteiger partial charge in [0, 0.05) is 22.6 Å². The van der Waals surface area contributed by atoms with E-state index in [1.54, 1.807) is 37.3 Å². The number of amides is 2. The molecule has 0 unspecified atom stereocenters. The fourth-order valence-electron chi connectivity index (χ4n) is 3.78. The molecule has 0 heterocycles. The van der Waals surface area contributed by atoms with E-state index >= 15 is 0 Å². The van der Waals surface area contributed by atoms with Gasteiger partial charge in [0.05, 0.1) is 20.6 Å². The number of hydrogen-bond acceptors (Lipinski definition) is 4. The number of sulfonamides is 1. The van der Waals surface area contributed by atoms with Crippen LogP contribution in [0.4, 0.5) is 5.69 Å². The summed E-state index contributed by atoms with van der Waals surface area (Å²) in [5.41, 5.74) is 0.794. The van der Waals surface area contributed by atoms with Crippen LogP contribution in [0.5, 0.6) is 0 Å². The van der Waals surface area contributed by atoms with Gasteiger partial charge in [0.15, 0.2) is 0 Å². The maximum Gasteiger partial charge on any atom is 0.264 e.